The fourth-order valence-electron chi connectivity index (χ4n) is 5.16. The highest BCUT2D eigenvalue weighted by Crippen LogP contribution is 2.53. The van der Waals surface area contributed by atoms with Crippen LogP contribution in [0.2, 0.25) is 0 Å². The SMILES string of the molecule is Cc1ccc(C(=O)C2C(c3sccc3C)C(C(=O)O)N(C(=O)c3cccs3)C2c2ccc(C#N)cc2)o1. The molecule has 4 heterocycles. The molecular weight excluding hydrogens is 508 g/mol. The first-order valence-corrected chi connectivity index (χ1v) is 13.3. The van der Waals surface area contributed by atoms with Crippen molar-refractivity contribution in [1.29, 1.82) is 5.26 Å². The highest BCUT2D eigenvalue weighted by atomic mass is 32.1. The zero-order chi connectivity index (χ0) is 26.3. The Bertz CT molecular complexity index is 1510. The van der Waals surface area contributed by atoms with Crippen LogP contribution in [0.15, 0.2) is 69.8 Å². The maximum atomic E-state index is 14.1. The van der Waals surface area contributed by atoms with Crippen molar-refractivity contribution < 1.29 is 23.9 Å². The van der Waals surface area contributed by atoms with Gasteiger partial charge in [-0.25, -0.2) is 4.79 Å². The zero-order valence-electron chi connectivity index (χ0n) is 20.0. The van der Waals surface area contributed by atoms with Crippen molar-refractivity contribution in [2.24, 2.45) is 5.92 Å². The number of thiophene rings is 2. The first kappa shape index (κ1) is 24.7. The second-order valence-electron chi connectivity index (χ2n) is 8.95. The Morgan fingerprint density at radius 3 is 2.30 bits per heavy atom. The highest BCUT2D eigenvalue weighted by molar-refractivity contribution is 7.12. The lowest BCUT2D eigenvalue weighted by molar-refractivity contribution is -0.142. The quantitative estimate of drug-likeness (QED) is 0.314. The molecule has 4 unspecified atom stereocenters. The minimum Gasteiger partial charge on any atom is -0.480 e. The van der Waals surface area contributed by atoms with Crippen LogP contribution in [0.3, 0.4) is 0 Å². The third-order valence-corrected chi connectivity index (χ3v) is 8.74. The van der Waals surface area contributed by atoms with Crippen LogP contribution in [0.5, 0.6) is 0 Å². The fraction of sp³-hybridized carbons (Fsp3) is 0.214. The number of aryl methyl sites for hydroxylation is 2. The van der Waals surface area contributed by atoms with Crippen LogP contribution in [-0.2, 0) is 4.79 Å². The molecule has 1 saturated heterocycles. The van der Waals surface area contributed by atoms with Crippen LogP contribution in [0.1, 0.15) is 59.5 Å². The summed E-state index contributed by atoms with van der Waals surface area (Å²) >= 11 is 2.60. The lowest BCUT2D eigenvalue weighted by Crippen LogP contribution is -2.43. The number of benzene rings is 1. The molecule has 9 heteroatoms. The van der Waals surface area contributed by atoms with E-state index in [2.05, 4.69) is 6.07 Å². The minimum absolute atomic E-state index is 0.120. The molecule has 1 amide bonds. The van der Waals surface area contributed by atoms with Gasteiger partial charge in [0.1, 0.15) is 11.8 Å². The number of furan rings is 1. The summed E-state index contributed by atoms with van der Waals surface area (Å²) in [4.78, 5) is 43.5. The van der Waals surface area contributed by atoms with Gasteiger partial charge in [0.05, 0.1) is 28.5 Å². The van der Waals surface area contributed by atoms with Gasteiger partial charge in [-0.3, -0.25) is 9.59 Å². The second kappa shape index (κ2) is 9.81. The van der Waals surface area contributed by atoms with Crippen molar-refractivity contribution in [2.45, 2.75) is 31.8 Å². The van der Waals surface area contributed by atoms with Gasteiger partial charge in [0.2, 0.25) is 5.78 Å². The number of hydrogen-bond acceptors (Lipinski definition) is 7. The predicted octanol–water partition coefficient (Wildman–Crippen LogP) is 5.82. The highest BCUT2D eigenvalue weighted by Gasteiger charge is 2.58. The largest absolute Gasteiger partial charge is 0.480 e. The van der Waals surface area contributed by atoms with E-state index in [1.165, 1.54) is 27.6 Å². The van der Waals surface area contributed by atoms with E-state index in [4.69, 9.17) is 4.42 Å². The predicted molar refractivity (Wildman–Crippen MR) is 139 cm³/mol. The number of rotatable bonds is 6. The lowest BCUT2D eigenvalue weighted by Gasteiger charge is -2.30. The molecule has 186 valence electrons. The molecule has 0 bridgehead atoms. The molecule has 5 rings (SSSR count). The van der Waals surface area contributed by atoms with Crippen LogP contribution in [0, 0.1) is 31.1 Å². The Morgan fingerprint density at radius 1 is 1.00 bits per heavy atom. The first-order valence-electron chi connectivity index (χ1n) is 11.6. The van der Waals surface area contributed by atoms with Gasteiger partial charge in [0, 0.05) is 10.8 Å². The summed E-state index contributed by atoms with van der Waals surface area (Å²) in [5, 5.41) is 23.5. The molecule has 3 aromatic heterocycles. The van der Waals surface area contributed by atoms with Crippen LogP contribution in [0.4, 0.5) is 0 Å². The van der Waals surface area contributed by atoms with E-state index >= 15 is 0 Å². The summed E-state index contributed by atoms with van der Waals surface area (Å²) in [6.45, 7) is 3.61. The van der Waals surface area contributed by atoms with E-state index in [9.17, 15) is 24.8 Å². The van der Waals surface area contributed by atoms with Gasteiger partial charge in [0.25, 0.3) is 5.91 Å². The number of hydrogen-bond donors (Lipinski definition) is 1. The van der Waals surface area contributed by atoms with Crippen LogP contribution in [0.25, 0.3) is 0 Å². The van der Waals surface area contributed by atoms with E-state index < -0.39 is 35.8 Å². The number of nitrogens with zero attached hydrogens (tertiary/aromatic N) is 2. The summed E-state index contributed by atoms with van der Waals surface area (Å²) in [5.74, 6) is -3.07. The minimum atomic E-state index is -1.29. The number of Topliss-reactive ketones (excluding diaryl/α,β-unsaturated/α-hetero) is 1. The van der Waals surface area contributed by atoms with Crippen molar-refractivity contribution in [2.75, 3.05) is 0 Å². The Hall–Kier alpha value is -4.00. The first-order chi connectivity index (χ1) is 17.8. The third-order valence-electron chi connectivity index (χ3n) is 6.76. The van der Waals surface area contributed by atoms with Gasteiger partial charge in [-0.15, -0.1) is 22.7 Å². The Balaban J connectivity index is 1.77. The fourth-order valence-corrected chi connectivity index (χ4v) is 6.93. The van der Waals surface area contributed by atoms with E-state index in [0.29, 0.717) is 21.8 Å². The summed E-state index contributed by atoms with van der Waals surface area (Å²) in [6, 6.07) is 15.0. The Morgan fingerprint density at radius 2 is 1.76 bits per heavy atom. The number of amides is 1. The topological polar surface area (TPSA) is 112 Å². The molecule has 1 N–H and O–H groups in total. The number of likely N-dealkylation sites (tertiary alicyclic amines) is 1. The van der Waals surface area contributed by atoms with Gasteiger partial charge >= 0.3 is 5.97 Å². The number of nitriles is 1. The van der Waals surface area contributed by atoms with Crippen LogP contribution >= 0.6 is 22.7 Å². The smallest absolute Gasteiger partial charge is 0.327 e. The maximum absolute atomic E-state index is 14.1. The molecule has 7 nitrogen and oxygen atoms in total. The monoisotopic (exact) mass is 530 g/mol. The van der Waals surface area contributed by atoms with Crippen molar-refractivity contribution >= 4 is 40.3 Å². The molecule has 4 atom stereocenters. The van der Waals surface area contributed by atoms with Crippen molar-refractivity contribution in [3.63, 3.8) is 0 Å². The number of carbonyl (C=O) groups is 3. The summed E-state index contributed by atoms with van der Waals surface area (Å²) in [6.07, 6.45) is 0. The molecule has 37 heavy (non-hydrogen) atoms. The standard InChI is InChI=1S/C28H22N2O5S2/c1-15-11-13-37-26(15)22-21(25(31)19-10-5-16(2)35-19)23(18-8-6-17(14-29)7-9-18)30(24(22)28(33)34)27(32)20-4-3-12-36-20/h3-13,21-24H,1-2H3,(H,33,34). The molecule has 1 aliphatic heterocycles. The number of carboxylic acids is 1. The van der Waals surface area contributed by atoms with Gasteiger partial charge in [-0.1, -0.05) is 18.2 Å². The Kier molecular flexibility index (Phi) is 6.54. The average Bonchev–Trinajstić information content (AvgIpc) is 3.69. The number of ketones is 1. The van der Waals surface area contributed by atoms with E-state index in [0.717, 1.165) is 10.4 Å². The van der Waals surface area contributed by atoms with E-state index in [-0.39, 0.29) is 11.5 Å². The van der Waals surface area contributed by atoms with Crippen molar-refractivity contribution in [1.82, 2.24) is 4.90 Å². The summed E-state index contributed by atoms with van der Waals surface area (Å²) in [7, 11) is 0. The molecule has 0 aliphatic carbocycles. The van der Waals surface area contributed by atoms with Crippen molar-refractivity contribution in [3.8, 4) is 6.07 Å². The van der Waals surface area contributed by atoms with Crippen molar-refractivity contribution in [3.05, 3.63) is 103 Å². The normalized spacial score (nSPS) is 21.1. The summed E-state index contributed by atoms with van der Waals surface area (Å²) < 4.78 is 5.70. The lowest BCUT2D eigenvalue weighted by atomic mass is 9.79. The molecular formula is C28H22N2O5S2. The van der Waals surface area contributed by atoms with Gasteiger partial charge < -0.3 is 14.4 Å². The molecule has 4 aromatic rings. The second-order valence-corrected chi connectivity index (χ2v) is 10.8. The van der Waals surface area contributed by atoms with E-state index in [1.807, 2.05) is 18.4 Å². The number of carbonyl (C=O) groups excluding carboxylic acids is 2. The number of carboxylic acid groups (broad SMARTS) is 1. The Labute approximate surface area is 221 Å². The molecule has 1 aromatic carbocycles. The molecule has 0 radical (unpaired) electrons. The van der Waals surface area contributed by atoms with Crippen LogP contribution in [-0.4, -0.2) is 33.7 Å². The zero-order valence-corrected chi connectivity index (χ0v) is 21.6. The van der Waals surface area contributed by atoms with E-state index in [1.54, 1.807) is 60.8 Å². The average molecular weight is 531 g/mol. The van der Waals surface area contributed by atoms with Crippen LogP contribution < -0.4 is 0 Å². The molecule has 1 aliphatic rings. The molecule has 0 spiro atoms. The van der Waals surface area contributed by atoms with Gasteiger partial charge in [0.15, 0.2) is 5.76 Å². The maximum Gasteiger partial charge on any atom is 0.327 e. The van der Waals surface area contributed by atoms with Gasteiger partial charge in [-0.05, 0) is 72.1 Å². The molecule has 1 fully saturated rings. The summed E-state index contributed by atoms with van der Waals surface area (Å²) in [5.41, 5.74) is 1.86. The third kappa shape index (κ3) is 4.28. The molecule has 0 saturated carbocycles. The van der Waals surface area contributed by atoms with Gasteiger partial charge in [-0.2, -0.15) is 5.26 Å². The number of aliphatic carboxylic acids is 1.